The molecule has 2 rings (SSSR count). The van der Waals surface area contributed by atoms with Gasteiger partial charge in [0, 0.05) is 29.2 Å². The quantitative estimate of drug-likeness (QED) is 0.742. The lowest BCUT2D eigenvalue weighted by molar-refractivity contribution is 0.276. The third kappa shape index (κ3) is 2.35. The fourth-order valence-corrected chi connectivity index (χ4v) is 2.48. The van der Waals surface area contributed by atoms with E-state index >= 15 is 0 Å². The van der Waals surface area contributed by atoms with Crippen molar-refractivity contribution in [1.82, 2.24) is 10.3 Å². The van der Waals surface area contributed by atoms with Crippen molar-refractivity contribution in [3.05, 3.63) is 35.5 Å². The highest BCUT2D eigenvalue weighted by molar-refractivity contribution is 5.85. The van der Waals surface area contributed by atoms with Gasteiger partial charge in [-0.05, 0) is 38.4 Å². The number of aromatic nitrogens is 1. The molecule has 0 aliphatic rings. The van der Waals surface area contributed by atoms with Crippen molar-refractivity contribution in [2.45, 2.75) is 25.8 Å². The second kappa shape index (κ2) is 5.34. The van der Waals surface area contributed by atoms with Crippen LogP contribution in [0, 0.1) is 6.92 Å². The third-order valence-electron chi connectivity index (χ3n) is 3.29. The molecule has 0 spiro atoms. The number of nitrogens with one attached hydrogen (secondary N) is 2. The summed E-state index contributed by atoms with van der Waals surface area (Å²) in [6.45, 7) is 2.36. The van der Waals surface area contributed by atoms with E-state index in [4.69, 9.17) is 5.11 Å². The van der Waals surface area contributed by atoms with E-state index in [1.54, 1.807) is 0 Å². The van der Waals surface area contributed by atoms with Crippen LogP contribution in [0.5, 0.6) is 0 Å². The maximum atomic E-state index is 8.96. The van der Waals surface area contributed by atoms with Crippen molar-refractivity contribution in [3.63, 3.8) is 0 Å². The molecule has 0 amide bonds. The van der Waals surface area contributed by atoms with E-state index in [0.717, 1.165) is 12.8 Å². The molecule has 0 aliphatic heterocycles. The molecule has 0 saturated heterocycles. The van der Waals surface area contributed by atoms with Gasteiger partial charge in [-0.2, -0.15) is 0 Å². The molecule has 0 radical (unpaired) electrons. The van der Waals surface area contributed by atoms with Gasteiger partial charge >= 0.3 is 0 Å². The summed E-state index contributed by atoms with van der Waals surface area (Å²) >= 11 is 0. The molecule has 1 heterocycles. The van der Waals surface area contributed by atoms with Crippen LogP contribution in [-0.2, 0) is 0 Å². The SMILES string of the molecule is CNC(CCCO)c1c(C)[nH]c2ccccc12. The predicted octanol–water partition coefficient (Wildman–Crippen LogP) is 2.51. The molecule has 92 valence electrons. The largest absolute Gasteiger partial charge is 0.396 e. The number of fused-ring (bicyclic) bond motifs is 1. The average molecular weight is 232 g/mol. The van der Waals surface area contributed by atoms with Gasteiger partial charge in [0.2, 0.25) is 0 Å². The van der Waals surface area contributed by atoms with Gasteiger partial charge in [-0.3, -0.25) is 0 Å². The van der Waals surface area contributed by atoms with Crippen molar-refractivity contribution in [2.75, 3.05) is 13.7 Å². The topological polar surface area (TPSA) is 48.0 Å². The van der Waals surface area contributed by atoms with Crippen LogP contribution in [-0.4, -0.2) is 23.7 Å². The van der Waals surface area contributed by atoms with Gasteiger partial charge < -0.3 is 15.4 Å². The van der Waals surface area contributed by atoms with E-state index in [-0.39, 0.29) is 6.61 Å². The Balaban J connectivity index is 2.41. The van der Waals surface area contributed by atoms with Gasteiger partial charge in [0.1, 0.15) is 0 Å². The number of benzene rings is 1. The molecular formula is C14H20N2O. The van der Waals surface area contributed by atoms with Crippen molar-refractivity contribution >= 4 is 10.9 Å². The zero-order valence-electron chi connectivity index (χ0n) is 10.5. The number of hydrogen-bond acceptors (Lipinski definition) is 2. The Hall–Kier alpha value is -1.32. The summed E-state index contributed by atoms with van der Waals surface area (Å²) in [4.78, 5) is 3.42. The Kier molecular flexibility index (Phi) is 3.82. The van der Waals surface area contributed by atoms with Crippen molar-refractivity contribution in [3.8, 4) is 0 Å². The van der Waals surface area contributed by atoms with E-state index in [1.807, 2.05) is 13.1 Å². The first-order valence-corrected chi connectivity index (χ1v) is 6.13. The van der Waals surface area contributed by atoms with Crippen LogP contribution in [0.25, 0.3) is 10.9 Å². The van der Waals surface area contributed by atoms with Gasteiger partial charge in [-0.15, -0.1) is 0 Å². The molecule has 0 fully saturated rings. The number of aromatic amines is 1. The summed E-state index contributed by atoms with van der Waals surface area (Å²) in [6.07, 6.45) is 1.78. The molecule has 17 heavy (non-hydrogen) atoms. The minimum absolute atomic E-state index is 0.250. The van der Waals surface area contributed by atoms with Crippen LogP contribution in [0.3, 0.4) is 0 Å². The number of aliphatic hydroxyl groups is 1. The average Bonchev–Trinajstić information content (AvgIpc) is 2.67. The van der Waals surface area contributed by atoms with Crippen LogP contribution in [0.15, 0.2) is 24.3 Å². The maximum Gasteiger partial charge on any atom is 0.0459 e. The van der Waals surface area contributed by atoms with Crippen LogP contribution < -0.4 is 5.32 Å². The van der Waals surface area contributed by atoms with Gasteiger partial charge in [0.15, 0.2) is 0 Å². The summed E-state index contributed by atoms with van der Waals surface area (Å²) < 4.78 is 0. The number of para-hydroxylation sites is 1. The molecule has 2 aromatic rings. The second-order valence-corrected chi connectivity index (χ2v) is 4.42. The van der Waals surface area contributed by atoms with Crippen molar-refractivity contribution in [2.24, 2.45) is 0 Å². The number of aryl methyl sites for hydroxylation is 1. The van der Waals surface area contributed by atoms with Crippen LogP contribution >= 0.6 is 0 Å². The summed E-state index contributed by atoms with van der Waals surface area (Å²) in [6, 6.07) is 8.67. The molecule has 0 aliphatic carbocycles. The molecule has 3 nitrogen and oxygen atoms in total. The molecule has 1 aromatic carbocycles. The number of hydrogen-bond donors (Lipinski definition) is 3. The minimum atomic E-state index is 0.250. The zero-order chi connectivity index (χ0) is 12.3. The van der Waals surface area contributed by atoms with Gasteiger partial charge in [0.25, 0.3) is 0 Å². The van der Waals surface area contributed by atoms with Gasteiger partial charge in [0.05, 0.1) is 0 Å². The second-order valence-electron chi connectivity index (χ2n) is 4.42. The summed E-state index contributed by atoms with van der Waals surface area (Å²) in [5, 5.41) is 13.6. The highest BCUT2D eigenvalue weighted by atomic mass is 16.2. The van der Waals surface area contributed by atoms with E-state index in [2.05, 4.69) is 35.4 Å². The fraction of sp³-hybridized carbons (Fsp3) is 0.429. The molecular weight excluding hydrogens is 212 g/mol. The van der Waals surface area contributed by atoms with Crippen LogP contribution in [0.4, 0.5) is 0 Å². The zero-order valence-corrected chi connectivity index (χ0v) is 10.5. The standard InChI is InChI=1S/C14H20N2O/c1-10-14(13(15-2)8-5-9-17)11-6-3-4-7-12(11)16-10/h3-4,6-7,13,15-17H,5,8-9H2,1-2H3. The Morgan fingerprint density at radius 3 is 2.82 bits per heavy atom. The lowest BCUT2D eigenvalue weighted by Crippen LogP contribution is -2.17. The first kappa shape index (κ1) is 12.1. The molecule has 3 N–H and O–H groups in total. The number of H-pyrrole nitrogens is 1. The van der Waals surface area contributed by atoms with E-state index < -0.39 is 0 Å². The Morgan fingerprint density at radius 1 is 1.35 bits per heavy atom. The number of aliphatic hydroxyl groups excluding tert-OH is 1. The Morgan fingerprint density at radius 2 is 2.12 bits per heavy atom. The molecule has 3 heteroatoms. The first-order valence-electron chi connectivity index (χ1n) is 6.13. The lowest BCUT2D eigenvalue weighted by atomic mass is 9.99. The minimum Gasteiger partial charge on any atom is -0.396 e. The fourth-order valence-electron chi connectivity index (χ4n) is 2.48. The molecule has 1 aromatic heterocycles. The summed E-state index contributed by atoms with van der Waals surface area (Å²) in [5.74, 6) is 0. The normalized spacial score (nSPS) is 13.1. The Bertz CT molecular complexity index is 490. The Labute approximate surface area is 102 Å². The third-order valence-corrected chi connectivity index (χ3v) is 3.29. The summed E-state index contributed by atoms with van der Waals surface area (Å²) in [5.41, 5.74) is 3.73. The van der Waals surface area contributed by atoms with Crippen molar-refractivity contribution < 1.29 is 5.11 Å². The maximum absolute atomic E-state index is 8.96. The van der Waals surface area contributed by atoms with Gasteiger partial charge in [-0.1, -0.05) is 18.2 Å². The monoisotopic (exact) mass is 232 g/mol. The van der Waals surface area contributed by atoms with Crippen LogP contribution in [0.1, 0.15) is 30.1 Å². The first-order chi connectivity index (χ1) is 8.27. The molecule has 1 atom stereocenters. The van der Waals surface area contributed by atoms with E-state index in [0.29, 0.717) is 6.04 Å². The molecule has 0 saturated carbocycles. The highest BCUT2D eigenvalue weighted by Gasteiger charge is 2.16. The summed E-state index contributed by atoms with van der Waals surface area (Å²) in [7, 11) is 1.98. The van der Waals surface area contributed by atoms with E-state index in [1.165, 1.54) is 22.2 Å². The molecule has 0 bridgehead atoms. The van der Waals surface area contributed by atoms with E-state index in [9.17, 15) is 0 Å². The smallest absolute Gasteiger partial charge is 0.0459 e. The highest BCUT2D eigenvalue weighted by Crippen LogP contribution is 2.29. The van der Waals surface area contributed by atoms with Crippen LogP contribution in [0.2, 0.25) is 0 Å². The van der Waals surface area contributed by atoms with Gasteiger partial charge in [-0.25, -0.2) is 0 Å². The number of rotatable bonds is 5. The predicted molar refractivity (Wildman–Crippen MR) is 71.2 cm³/mol. The van der Waals surface area contributed by atoms with Crippen molar-refractivity contribution in [1.29, 1.82) is 0 Å². The lowest BCUT2D eigenvalue weighted by Gasteiger charge is -2.16. The molecule has 1 unspecified atom stereocenters.